The Kier molecular flexibility index (Phi) is 5.06. The van der Waals surface area contributed by atoms with Crippen molar-refractivity contribution < 1.29 is 4.79 Å². The molecular weight excluding hydrogens is 247 g/mol. The van der Waals surface area contributed by atoms with E-state index in [1.54, 1.807) is 18.2 Å². The first-order valence-corrected chi connectivity index (χ1v) is 5.79. The number of nitrogens with one attached hydrogen (secondary N) is 1. The smallest absolute Gasteiger partial charge is 0.228 e. The molecule has 0 bridgehead atoms. The van der Waals surface area contributed by atoms with Crippen molar-refractivity contribution in [3.05, 3.63) is 28.2 Å². The van der Waals surface area contributed by atoms with Crippen LogP contribution in [0.2, 0.25) is 10.0 Å². The summed E-state index contributed by atoms with van der Waals surface area (Å²) in [5.74, 6) is -0.291. The highest BCUT2D eigenvalue weighted by Gasteiger charge is 2.14. The predicted molar refractivity (Wildman–Crippen MR) is 67.9 cm³/mol. The Bertz CT molecular complexity index is 358. The summed E-state index contributed by atoms with van der Waals surface area (Å²) in [7, 11) is 0. The lowest BCUT2D eigenvalue weighted by atomic mass is 10.1. The van der Waals surface area contributed by atoms with E-state index in [0.717, 1.165) is 0 Å². The monoisotopic (exact) mass is 260 g/mol. The standard InChI is InChI=1S/C11H14Cl2N2O/c1-2-7(6-14)11(16)15-10-4-8(12)3-9(13)5-10/h3-5,7H,2,6,14H2,1H3,(H,15,16). The van der Waals surface area contributed by atoms with E-state index < -0.39 is 0 Å². The van der Waals surface area contributed by atoms with Crippen LogP contribution in [0.4, 0.5) is 5.69 Å². The number of carbonyl (C=O) groups is 1. The average molecular weight is 261 g/mol. The van der Waals surface area contributed by atoms with E-state index in [1.165, 1.54) is 0 Å². The number of rotatable bonds is 4. The molecule has 1 amide bonds. The van der Waals surface area contributed by atoms with Gasteiger partial charge in [0.2, 0.25) is 5.91 Å². The molecule has 0 aromatic heterocycles. The van der Waals surface area contributed by atoms with Crippen molar-refractivity contribution in [2.24, 2.45) is 11.7 Å². The van der Waals surface area contributed by atoms with Crippen LogP contribution in [0.5, 0.6) is 0 Å². The molecule has 1 aromatic carbocycles. The summed E-state index contributed by atoms with van der Waals surface area (Å²) in [4.78, 5) is 11.7. The third kappa shape index (κ3) is 3.67. The fourth-order valence-corrected chi connectivity index (χ4v) is 1.86. The molecular formula is C11H14Cl2N2O. The molecule has 1 rings (SSSR count). The molecule has 0 spiro atoms. The maximum Gasteiger partial charge on any atom is 0.228 e. The minimum Gasteiger partial charge on any atom is -0.330 e. The van der Waals surface area contributed by atoms with Gasteiger partial charge in [-0.25, -0.2) is 0 Å². The van der Waals surface area contributed by atoms with Crippen LogP contribution in [0.15, 0.2) is 18.2 Å². The van der Waals surface area contributed by atoms with E-state index in [0.29, 0.717) is 28.7 Å². The topological polar surface area (TPSA) is 55.1 Å². The molecule has 0 heterocycles. The van der Waals surface area contributed by atoms with Crippen molar-refractivity contribution in [1.82, 2.24) is 0 Å². The highest BCUT2D eigenvalue weighted by Crippen LogP contribution is 2.22. The molecule has 5 heteroatoms. The van der Waals surface area contributed by atoms with Gasteiger partial charge in [0, 0.05) is 22.3 Å². The molecule has 3 N–H and O–H groups in total. The molecule has 0 radical (unpaired) electrons. The second-order valence-corrected chi connectivity index (χ2v) is 4.36. The first-order chi connectivity index (χ1) is 7.56. The first-order valence-electron chi connectivity index (χ1n) is 5.03. The van der Waals surface area contributed by atoms with Crippen LogP contribution in [0.25, 0.3) is 0 Å². The van der Waals surface area contributed by atoms with Crippen molar-refractivity contribution in [1.29, 1.82) is 0 Å². The number of hydrogen-bond acceptors (Lipinski definition) is 2. The van der Waals surface area contributed by atoms with E-state index >= 15 is 0 Å². The number of amides is 1. The lowest BCUT2D eigenvalue weighted by Crippen LogP contribution is -2.28. The molecule has 0 aliphatic heterocycles. The quantitative estimate of drug-likeness (QED) is 0.875. The van der Waals surface area contributed by atoms with Crippen LogP contribution < -0.4 is 11.1 Å². The minimum atomic E-state index is -0.183. The summed E-state index contributed by atoms with van der Waals surface area (Å²) in [5.41, 5.74) is 6.08. The van der Waals surface area contributed by atoms with E-state index in [9.17, 15) is 4.79 Å². The molecule has 0 saturated heterocycles. The van der Waals surface area contributed by atoms with Crippen molar-refractivity contribution >= 4 is 34.8 Å². The van der Waals surface area contributed by atoms with Gasteiger partial charge < -0.3 is 11.1 Å². The van der Waals surface area contributed by atoms with Crippen LogP contribution in [-0.4, -0.2) is 12.5 Å². The van der Waals surface area contributed by atoms with Crippen molar-refractivity contribution in [2.75, 3.05) is 11.9 Å². The molecule has 3 nitrogen and oxygen atoms in total. The SMILES string of the molecule is CCC(CN)C(=O)Nc1cc(Cl)cc(Cl)c1. The zero-order chi connectivity index (χ0) is 12.1. The Morgan fingerprint density at radius 1 is 1.38 bits per heavy atom. The predicted octanol–water partition coefficient (Wildman–Crippen LogP) is 2.92. The van der Waals surface area contributed by atoms with E-state index in [-0.39, 0.29) is 11.8 Å². The average Bonchev–Trinajstić information content (AvgIpc) is 2.17. The van der Waals surface area contributed by atoms with Crippen molar-refractivity contribution in [2.45, 2.75) is 13.3 Å². The second-order valence-electron chi connectivity index (χ2n) is 3.49. The molecule has 1 unspecified atom stereocenters. The van der Waals surface area contributed by atoms with Gasteiger partial charge in [0.15, 0.2) is 0 Å². The van der Waals surface area contributed by atoms with Crippen molar-refractivity contribution in [3.63, 3.8) is 0 Å². The Morgan fingerprint density at radius 3 is 2.38 bits per heavy atom. The molecule has 16 heavy (non-hydrogen) atoms. The van der Waals surface area contributed by atoms with Gasteiger partial charge in [-0.2, -0.15) is 0 Å². The molecule has 0 fully saturated rings. The van der Waals surface area contributed by atoms with E-state index in [2.05, 4.69) is 5.32 Å². The van der Waals surface area contributed by atoms with Gasteiger partial charge in [0.1, 0.15) is 0 Å². The van der Waals surface area contributed by atoms with Gasteiger partial charge >= 0.3 is 0 Å². The Morgan fingerprint density at radius 2 is 1.94 bits per heavy atom. The highest BCUT2D eigenvalue weighted by molar-refractivity contribution is 6.35. The third-order valence-corrected chi connectivity index (χ3v) is 2.71. The summed E-state index contributed by atoms with van der Waals surface area (Å²) < 4.78 is 0. The van der Waals surface area contributed by atoms with Gasteiger partial charge in [-0.15, -0.1) is 0 Å². The molecule has 0 aliphatic carbocycles. The summed E-state index contributed by atoms with van der Waals surface area (Å²) in [6.45, 7) is 2.25. The largest absolute Gasteiger partial charge is 0.330 e. The van der Waals surface area contributed by atoms with Gasteiger partial charge in [0.25, 0.3) is 0 Å². The third-order valence-electron chi connectivity index (χ3n) is 2.28. The lowest BCUT2D eigenvalue weighted by Gasteiger charge is -2.12. The second kappa shape index (κ2) is 6.09. The van der Waals surface area contributed by atoms with Crippen LogP contribution in [-0.2, 0) is 4.79 Å². The number of nitrogens with two attached hydrogens (primary N) is 1. The molecule has 0 aliphatic rings. The number of benzene rings is 1. The Labute approximate surface area is 105 Å². The van der Waals surface area contributed by atoms with Crippen LogP contribution >= 0.6 is 23.2 Å². The first kappa shape index (κ1) is 13.3. The maximum absolute atomic E-state index is 11.7. The van der Waals surface area contributed by atoms with Gasteiger partial charge in [-0.05, 0) is 24.6 Å². The normalized spacial score (nSPS) is 12.2. The number of carbonyl (C=O) groups excluding carboxylic acids is 1. The summed E-state index contributed by atoms with van der Waals surface area (Å²) in [6, 6.07) is 4.90. The Balaban J connectivity index is 2.76. The maximum atomic E-state index is 11.7. The van der Waals surface area contributed by atoms with E-state index in [1.807, 2.05) is 6.92 Å². The zero-order valence-electron chi connectivity index (χ0n) is 8.97. The lowest BCUT2D eigenvalue weighted by molar-refractivity contribution is -0.119. The summed E-state index contributed by atoms with van der Waals surface area (Å²) in [6.07, 6.45) is 0.705. The fraction of sp³-hybridized carbons (Fsp3) is 0.364. The summed E-state index contributed by atoms with van der Waals surface area (Å²) >= 11 is 11.6. The van der Waals surface area contributed by atoms with Crippen LogP contribution in [0.3, 0.4) is 0 Å². The van der Waals surface area contributed by atoms with Gasteiger partial charge in [-0.3, -0.25) is 4.79 Å². The molecule has 1 aromatic rings. The Hall–Kier alpha value is -0.770. The van der Waals surface area contributed by atoms with Crippen LogP contribution in [0.1, 0.15) is 13.3 Å². The number of halogens is 2. The fourth-order valence-electron chi connectivity index (χ4n) is 1.33. The molecule has 0 saturated carbocycles. The molecule has 88 valence electrons. The highest BCUT2D eigenvalue weighted by atomic mass is 35.5. The van der Waals surface area contributed by atoms with E-state index in [4.69, 9.17) is 28.9 Å². The number of anilines is 1. The van der Waals surface area contributed by atoms with Gasteiger partial charge in [0.05, 0.1) is 5.92 Å². The summed E-state index contributed by atoms with van der Waals surface area (Å²) in [5, 5.41) is 3.72. The zero-order valence-corrected chi connectivity index (χ0v) is 10.5. The van der Waals surface area contributed by atoms with Crippen LogP contribution in [0, 0.1) is 5.92 Å². The van der Waals surface area contributed by atoms with Crippen molar-refractivity contribution in [3.8, 4) is 0 Å². The van der Waals surface area contributed by atoms with Gasteiger partial charge in [-0.1, -0.05) is 30.1 Å². The minimum absolute atomic E-state index is 0.108. The number of hydrogen-bond donors (Lipinski definition) is 2. The molecule has 1 atom stereocenters.